The van der Waals surface area contributed by atoms with Crippen LogP contribution < -0.4 is 0 Å². The number of rotatable bonds is 2. The van der Waals surface area contributed by atoms with Gasteiger partial charge in [-0.15, -0.1) is 0 Å². The molecule has 92 valence electrons. The zero-order valence-electron chi connectivity index (χ0n) is 9.51. The molecule has 0 amide bonds. The van der Waals surface area contributed by atoms with E-state index in [0.29, 0.717) is 21.2 Å². The molecule has 0 saturated carbocycles. The molecule has 0 aliphatic carbocycles. The normalized spacial score (nSPS) is 10.4. The summed E-state index contributed by atoms with van der Waals surface area (Å²) in [6.45, 7) is 1.89. The molecule has 2 aromatic rings. The molecule has 1 nitrogen and oxygen atoms in total. The minimum atomic E-state index is -0.136. The van der Waals surface area contributed by atoms with Crippen LogP contribution >= 0.6 is 39.1 Å². The van der Waals surface area contributed by atoms with Gasteiger partial charge in [-0.3, -0.25) is 4.79 Å². The second-order valence-corrected chi connectivity index (χ2v) is 5.65. The number of carbonyl (C=O) groups excluding carboxylic acids is 1. The highest BCUT2D eigenvalue weighted by Gasteiger charge is 2.14. The van der Waals surface area contributed by atoms with Crippen LogP contribution in [0.25, 0.3) is 0 Å². The van der Waals surface area contributed by atoms with Crippen molar-refractivity contribution >= 4 is 44.9 Å². The second-order valence-electron chi connectivity index (χ2n) is 3.92. The van der Waals surface area contributed by atoms with E-state index in [0.717, 1.165) is 10.0 Å². The first-order valence-corrected chi connectivity index (χ1v) is 6.80. The van der Waals surface area contributed by atoms with Crippen LogP contribution in [0.2, 0.25) is 10.0 Å². The molecule has 2 aromatic carbocycles. The van der Waals surface area contributed by atoms with Gasteiger partial charge < -0.3 is 0 Å². The summed E-state index contributed by atoms with van der Waals surface area (Å²) in [6.07, 6.45) is 0. The van der Waals surface area contributed by atoms with Gasteiger partial charge in [0.25, 0.3) is 0 Å². The van der Waals surface area contributed by atoms with Crippen LogP contribution in [0.15, 0.2) is 40.9 Å². The maximum Gasteiger partial charge on any atom is 0.194 e. The first-order valence-electron chi connectivity index (χ1n) is 5.25. The minimum Gasteiger partial charge on any atom is -0.289 e. The lowest BCUT2D eigenvalue weighted by molar-refractivity contribution is 0.103. The molecule has 2 rings (SSSR count). The first kappa shape index (κ1) is 13.6. The monoisotopic (exact) mass is 342 g/mol. The lowest BCUT2D eigenvalue weighted by atomic mass is 10.0. The Bertz CT molecular complexity index is 623. The van der Waals surface area contributed by atoms with E-state index >= 15 is 0 Å². The van der Waals surface area contributed by atoms with E-state index in [1.807, 2.05) is 13.0 Å². The zero-order valence-corrected chi connectivity index (χ0v) is 12.6. The van der Waals surface area contributed by atoms with E-state index in [-0.39, 0.29) is 5.78 Å². The van der Waals surface area contributed by atoms with Gasteiger partial charge in [0.15, 0.2) is 5.78 Å². The maximum atomic E-state index is 12.3. The quantitative estimate of drug-likeness (QED) is 0.676. The van der Waals surface area contributed by atoms with Gasteiger partial charge in [0.05, 0.1) is 5.02 Å². The maximum absolute atomic E-state index is 12.3. The molecule has 0 aliphatic heterocycles. The number of ketones is 1. The number of aryl methyl sites for hydroxylation is 1. The highest BCUT2D eigenvalue weighted by atomic mass is 79.9. The van der Waals surface area contributed by atoms with Crippen LogP contribution in [0.5, 0.6) is 0 Å². The van der Waals surface area contributed by atoms with Crippen molar-refractivity contribution in [3.05, 3.63) is 67.6 Å². The summed E-state index contributed by atoms with van der Waals surface area (Å²) in [5.74, 6) is -0.136. The first-order chi connectivity index (χ1) is 8.49. The minimum absolute atomic E-state index is 0.136. The molecule has 0 radical (unpaired) electrons. The standard InChI is InChI=1S/C14H9BrCl2O/c1-8-2-3-9(6-13(8)17)14(18)11-7-10(15)4-5-12(11)16/h2-7H,1H3. The predicted octanol–water partition coefficient (Wildman–Crippen LogP) is 5.30. The third-order valence-corrected chi connectivity index (χ3v) is 3.84. The number of carbonyl (C=O) groups is 1. The molecule has 0 spiro atoms. The van der Waals surface area contributed by atoms with Gasteiger partial charge >= 0.3 is 0 Å². The van der Waals surface area contributed by atoms with E-state index in [9.17, 15) is 4.79 Å². The summed E-state index contributed by atoms with van der Waals surface area (Å²) in [7, 11) is 0. The Hall–Kier alpha value is -0.830. The van der Waals surface area contributed by atoms with Crippen LogP contribution in [0.1, 0.15) is 21.5 Å². The largest absolute Gasteiger partial charge is 0.289 e. The Balaban J connectivity index is 2.47. The molecule has 0 aliphatic rings. The van der Waals surface area contributed by atoms with Crippen LogP contribution in [-0.4, -0.2) is 5.78 Å². The Morgan fingerprint density at radius 1 is 1.06 bits per heavy atom. The highest BCUT2D eigenvalue weighted by Crippen LogP contribution is 2.25. The predicted molar refractivity (Wildman–Crippen MR) is 78.8 cm³/mol. The van der Waals surface area contributed by atoms with Crippen LogP contribution in [0, 0.1) is 6.92 Å². The molecule has 0 saturated heterocycles. The molecule has 0 atom stereocenters. The molecule has 0 heterocycles. The Morgan fingerprint density at radius 3 is 2.44 bits per heavy atom. The van der Waals surface area contributed by atoms with Crippen molar-refractivity contribution in [1.82, 2.24) is 0 Å². The molecule has 0 fully saturated rings. The fourth-order valence-electron chi connectivity index (χ4n) is 1.56. The van der Waals surface area contributed by atoms with Gasteiger partial charge in [-0.05, 0) is 36.8 Å². The highest BCUT2D eigenvalue weighted by molar-refractivity contribution is 9.10. The van der Waals surface area contributed by atoms with Gasteiger partial charge in [0.1, 0.15) is 0 Å². The molecule has 0 bridgehead atoms. The van der Waals surface area contributed by atoms with E-state index in [1.165, 1.54) is 0 Å². The SMILES string of the molecule is Cc1ccc(C(=O)c2cc(Br)ccc2Cl)cc1Cl. The molecular formula is C14H9BrCl2O. The molecule has 18 heavy (non-hydrogen) atoms. The fourth-order valence-corrected chi connectivity index (χ4v) is 2.31. The van der Waals surface area contributed by atoms with Crippen molar-refractivity contribution in [2.24, 2.45) is 0 Å². The third kappa shape index (κ3) is 2.77. The van der Waals surface area contributed by atoms with Crippen molar-refractivity contribution in [3.8, 4) is 0 Å². The van der Waals surface area contributed by atoms with Crippen molar-refractivity contribution in [2.75, 3.05) is 0 Å². The molecule has 4 heteroatoms. The summed E-state index contributed by atoms with van der Waals surface area (Å²) in [4.78, 5) is 12.3. The Morgan fingerprint density at radius 2 is 1.78 bits per heavy atom. The fraction of sp³-hybridized carbons (Fsp3) is 0.0714. The number of hydrogen-bond acceptors (Lipinski definition) is 1. The average Bonchev–Trinajstić information content (AvgIpc) is 2.35. The lowest BCUT2D eigenvalue weighted by Gasteiger charge is -2.06. The average molecular weight is 344 g/mol. The van der Waals surface area contributed by atoms with E-state index in [1.54, 1.807) is 30.3 Å². The number of benzene rings is 2. The Labute approximate surface area is 124 Å². The zero-order chi connectivity index (χ0) is 13.3. The van der Waals surface area contributed by atoms with Crippen LogP contribution in [0.4, 0.5) is 0 Å². The van der Waals surface area contributed by atoms with Crippen molar-refractivity contribution in [1.29, 1.82) is 0 Å². The number of hydrogen-bond donors (Lipinski definition) is 0. The van der Waals surface area contributed by atoms with E-state index in [2.05, 4.69) is 15.9 Å². The molecule has 0 aromatic heterocycles. The third-order valence-electron chi connectivity index (χ3n) is 2.61. The van der Waals surface area contributed by atoms with Gasteiger partial charge in [-0.1, -0.05) is 51.3 Å². The molecule has 0 N–H and O–H groups in total. The summed E-state index contributed by atoms with van der Waals surface area (Å²) in [5, 5.41) is 1.01. The lowest BCUT2D eigenvalue weighted by Crippen LogP contribution is -2.02. The summed E-state index contributed by atoms with van der Waals surface area (Å²) < 4.78 is 0.813. The Kier molecular flexibility index (Phi) is 4.10. The van der Waals surface area contributed by atoms with Gasteiger partial charge in [-0.2, -0.15) is 0 Å². The topological polar surface area (TPSA) is 17.1 Å². The van der Waals surface area contributed by atoms with E-state index in [4.69, 9.17) is 23.2 Å². The molecular weight excluding hydrogens is 335 g/mol. The van der Waals surface area contributed by atoms with Crippen LogP contribution in [-0.2, 0) is 0 Å². The van der Waals surface area contributed by atoms with Gasteiger partial charge in [-0.25, -0.2) is 0 Å². The smallest absolute Gasteiger partial charge is 0.194 e. The summed E-state index contributed by atoms with van der Waals surface area (Å²) >= 11 is 15.4. The second kappa shape index (κ2) is 5.43. The van der Waals surface area contributed by atoms with Crippen LogP contribution in [0.3, 0.4) is 0 Å². The molecule has 0 unspecified atom stereocenters. The van der Waals surface area contributed by atoms with Gasteiger partial charge in [0, 0.05) is 20.6 Å². The number of halogens is 3. The van der Waals surface area contributed by atoms with Crippen molar-refractivity contribution in [2.45, 2.75) is 6.92 Å². The van der Waals surface area contributed by atoms with E-state index < -0.39 is 0 Å². The van der Waals surface area contributed by atoms with Gasteiger partial charge in [0.2, 0.25) is 0 Å². The van der Waals surface area contributed by atoms with Crippen molar-refractivity contribution in [3.63, 3.8) is 0 Å². The summed E-state index contributed by atoms with van der Waals surface area (Å²) in [6, 6.07) is 10.4. The van der Waals surface area contributed by atoms with Crippen molar-refractivity contribution < 1.29 is 4.79 Å². The summed E-state index contributed by atoms with van der Waals surface area (Å²) in [5.41, 5.74) is 1.94.